The summed E-state index contributed by atoms with van der Waals surface area (Å²) in [4.78, 5) is 26.4. The van der Waals surface area contributed by atoms with Crippen molar-refractivity contribution in [1.29, 1.82) is 0 Å². The summed E-state index contributed by atoms with van der Waals surface area (Å²) >= 11 is 0. The molecule has 1 saturated heterocycles. The van der Waals surface area contributed by atoms with Crippen molar-refractivity contribution in [3.8, 4) is 5.75 Å². The highest BCUT2D eigenvalue weighted by molar-refractivity contribution is 5.95. The van der Waals surface area contributed by atoms with E-state index < -0.39 is 5.63 Å². The Labute approximate surface area is 172 Å². The van der Waals surface area contributed by atoms with Gasteiger partial charge < -0.3 is 14.1 Å². The standard InChI is InChI=1S/C24H31NO4/c1-15-8-19(12-21(26)28-15)29-20-13-25(14-20)22(27)16-9-17(23(2,3)4)11-18(10-16)24(5,6)7/h8-12,20H,13-14H2,1-7H3. The Morgan fingerprint density at radius 2 is 1.52 bits per heavy atom. The van der Waals surface area contributed by atoms with Gasteiger partial charge in [0, 0.05) is 11.6 Å². The van der Waals surface area contributed by atoms with Crippen LogP contribution in [0.5, 0.6) is 5.75 Å². The summed E-state index contributed by atoms with van der Waals surface area (Å²) in [6.45, 7) is 15.7. The summed E-state index contributed by atoms with van der Waals surface area (Å²) in [6, 6.07) is 9.26. The summed E-state index contributed by atoms with van der Waals surface area (Å²) in [6.07, 6.45) is -0.118. The van der Waals surface area contributed by atoms with Crippen molar-refractivity contribution in [2.75, 3.05) is 13.1 Å². The van der Waals surface area contributed by atoms with Gasteiger partial charge in [0.25, 0.3) is 5.91 Å². The van der Waals surface area contributed by atoms with Crippen LogP contribution >= 0.6 is 0 Å². The number of hydrogen-bond acceptors (Lipinski definition) is 4. The van der Waals surface area contributed by atoms with Gasteiger partial charge in [-0.25, -0.2) is 4.79 Å². The fraction of sp³-hybridized carbons (Fsp3) is 0.500. The maximum absolute atomic E-state index is 13.1. The molecule has 1 fully saturated rings. The fourth-order valence-corrected chi connectivity index (χ4v) is 3.31. The van der Waals surface area contributed by atoms with E-state index in [1.54, 1.807) is 17.9 Å². The molecule has 1 aromatic heterocycles. The van der Waals surface area contributed by atoms with E-state index in [0.29, 0.717) is 24.6 Å². The number of ether oxygens (including phenoxy) is 1. The van der Waals surface area contributed by atoms with Gasteiger partial charge in [0.1, 0.15) is 17.6 Å². The number of aryl methyl sites for hydroxylation is 1. The summed E-state index contributed by atoms with van der Waals surface area (Å²) in [5.74, 6) is 1.01. The minimum Gasteiger partial charge on any atom is -0.486 e. The van der Waals surface area contributed by atoms with E-state index in [4.69, 9.17) is 9.15 Å². The molecule has 0 spiro atoms. The van der Waals surface area contributed by atoms with Gasteiger partial charge in [-0.2, -0.15) is 0 Å². The first-order valence-electron chi connectivity index (χ1n) is 10.1. The third-order valence-electron chi connectivity index (χ3n) is 5.22. The van der Waals surface area contributed by atoms with Crippen molar-refractivity contribution >= 4 is 5.91 Å². The summed E-state index contributed by atoms with van der Waals surface area (Å²) in [5, 5.41) is 0. The van der Waals surface area contributed by atoms with Crippen LogP contribution < -0.4 is 10.4 Å². The molecule has 3 rings (SSSR count). The molecule has 29 heavy (non-hydrogen) atoms. The molecule has 2 heterocycles. The third-order valence-corrected chi connectivity index (χ3v) is 5.22. The lowest BCUT2D eigenvalue weighted by Gasteiger charge is -2.39. The molecule has 2 aromatic rings. The quantitative estimate of drug-likeness (QED) is 0.768. The van der Waals surface area contributed by atoms with Gasteiger partial charge in [-0.3, -0.25) is 4.79 Å². The first-order chi connectivity index (χ1) is 13.3. The molecule has 0 saturated carbocycles. The second kappa shape index (κ2) is 7.36. The predicted octanol–water partition coefficient (Wildman–Crippen LogP) is 4.45. The zero-order chi connectivity index (χ0) is 21.6. The molecule has 0 N–H and O–H groups in total. The minimum absolute atomic E-state index is 0.0187. The topological polar surface area (TPSA) is 59.8 Å². The SMILES string of the molecule is Cc1cc(OC2CN(C(=O)c3cc(C(C)(C)C)cc(C(C)(C)C)c3)C2)cc(=O)o1. The highest BCUT2D eigenvalue weighted by Gasteiger charge is 2.34. The lowest BCUT2D eigenvalue weighted by atomic mass is 9.79. The van der Waals surface area contributed by atoms with Crippen molar-refractivity contribution in [2.24, 2.45) is 0 Å². The van der Waals surface area contributed by atoms with Gasteiger partial charge in [0.15, 0.2) is 0 Å². The summed E-state index contributed by atoms with van der Waals surface area (Å²) in [7, 11) is 0. The second-order valence-electron chi connectivity index (χ2n) is 9.97. The van der Waals surface area contributed by atoms with E-state index in [0.717, 1.165) is 16.7 Å². The number of amides is 1. The van der Waals surface area contributed by atoms with Crippen LogP contribution in [0, 0.1) is 6.92 Å². The van der Waals surface area contributed by atoms with Crippen molar-refractivity contribution in [3.63, 3.8) is 0 Å². The molecular formula is C24H31NO4. The predicted molar refractivity (Wildman–Crippen MR) is 114 cm³/mol. The van der Waals surface area contributed by atoms with E-state index >= 15 is 0 Å². The molecule has 1 aromatic carbocycles. The highest BCUT2D eigenvalue weighted by atomic mass is 16.5. The van der Waals surface area contributed by atoms with Crippen molar-refractivity contribution in [2.45, 2.75) is 65.4 Å². The van der Waals surface area contributed by atoms with Crippen LogP contribution in [0.15, 0.2) is 39.5 Å². The van der Waals surface area contributed by atoms with Crippen LogP contribution in [0.25, 0.3) is 0 Å². The van der Waals surface area contributed by atoms with Crippen molar-refractivity contribution in [3.05, 3.63) is 63.2 Å². The first-order valence-corrected chi connectivity index (χ1v) is 10.1. The Balaban J connectivity index is 1.75. The van der Waals surface area contributed by atoms with Crippen LogP contribution in [0.3, 0.4) is 0 Å². The van der Waals surface area contributed by atoms with E-state index in [9.17, 15) is 9.59 Å². The highest BCUT2D eigenvalue weighted by Crippen LogP contribution is 2.31. The fourth-order valence-electron chi connectivity index (χ4n) is 3.31. The lowest BCUT2D eigenvalue weighted by Crippen LogP contribution is -2.56. The zero-order valence-electron chi connectivity index (χ0n) is 18.5. The summed E-state index contributed by atoms with van der Waals surface area (Å²) in [5.41, 5.74) is 2.53. The molecule has 1 aliphatic rings. The molecule has 0 radical (unpaired) electrons. The number of rotatable bonds is 3. The molecule has 5 nitrogen and oxygen atoms in total. The van der Waals surface area contributed by atoms with Gasteiger partial charge in [-0.1, -0.05) is 47.6 Å². The van der Waals surface area contributed by atoms with Crippen LogP contribution in [-0.4, -0.2) is 30.0 Å². The Kier molecular flexibility index (Phi) is 5.37. The van der Waals surface area contributed by atoms with Gasteiger partial charge in [-0.05, 0) is 41.0 Å². The van der Waals surface area contributed by atoms with Gasteiger partial charge >= 0.3 is 5.63 Å². The number of hydrogen-bond donors (Lipinski definition) is 0. The van der Waals surface area contributed by atoms with E-state index in [1.165, 1.54) is 6.07 Å². The normalized spacial score (nSPS) is 15.2. The van der Waals surface area contributed by atoms with Gasteiger partial charge in [-0.15, -0.1) is 0 Å². The monoisotopic (exact) mass is 397 g/mol. The number of carbonyl (C=O) groups excluding carboxylic acids is 1. The average molecular weight is 398 g/mol. The average Bonchev–Trinajstić information content (AvgIpc) is 2.54. The molecule has 1 amide bonds. The second-order valence-corrected chi connectivity index (χ2v) is 9.97. The molecule has 0 bridgehead atoms. The molecule has 5 heteroatoms. The Morgan fingerprint density at radius 1 is 0.966 bits per heavy atom. The lowest BCUT2D eigenvalue weighted by molar-refractivity contribution is 0.0174. The largest absolute Gasteiger partial charge is 0.486 e. The number of benzene rings is 1. The zero-order valence-corrected chi connectivity index (χ0v) is 18.5. The third kappa shape index (κ3) is 4.89. The summed E-state index contributed by atoms with van der Waals surface area (Å²) < 4.78 is 10.8. The number of carbonyl (C=O) groups is 1. The molecule has 0 unspecified atom stereocenters. The Morgan fingerprint density at radius 3 is 2.00 bits per heavy atom. The smallest absolute Gasteiger partial charge is 0.339 e. The van der Waals surface area contributed by atoms with Crippen molar-refractivity contribution in [1.82, 2.24) is 4.90 Å². The van der Waals surface area contributed by atoms with Crippen LogP contribution in [0.1, 0.15) is 68.8 Å². The van der Waals surface area contributed by atoms with E-state index in [1.807, 2.05) is 12.1 Å². The molecule has 0 aliphatic carbocycles. The first kappa shape index (κ1) is 21.2. The van der Waals surface area contributed by atoms with Gasteiger partial charge in [0.05, 0.1) is 19.2 Å². The molecule has 0 atom stereocenters. The van der Waals surface area contributed by atoms with E-state index in [2.05, 4.69) is 47.6 Å². The van der Waals surface area contributed by atoms with Gasteiger partial charge in [0.2, 0.25) is 0 Å². The Bertz CT molecular complexity index is 937. The maximum Gasteiger partial charge on any atom is 0.339 e. The maximum atomic E-state index is 13.1. The molecular weight excluding hydrogens is 366 g/mol. The van der Waals surface area contributed by atoms with Crippen LogP contribution in [0.2, 0.25) is 0 Å². The van der Waals surface area contributed by atoms with Crippen molar-refractivity contribution < 1.29 is 13.9 Å². The number of likely N-dealkylation sites (tertiary alicyclic amines) is 1. The van der Waals surface area contributed by atoms with Crippen LogP contribution in [-0.2, 0) is 10.8 Å². The Hall–Kier alpha value is -2.56. The van der Waals surface area contributed by atoms with E-state index in [-0.39, 0.29) is 22.8 Å². The van der Waals surface area contributed by atoms with Crippen LogP contribution in [0.4, 0.5) is 0 Å². The minimum atomic E-state index is -0.430. The molecule has 156 valence electrons. The molecule has 1 aliphatic heterocycles. The number of nitrogens with zero attached hydrogens (tertiary/aromatic N) is 1.